The van der Waals surface area contributed by atoms with Crippen molar-refractivity contribution in [1.82, 2.24) is 15.3 Å². The molecular weight excluding hydrogens is 361 g/mol. The normalized spacial score (nSPS) is 22.2. The number of halogens is 3. The molecule has 1 spiro atoms. The van der Waals surface area contributed by atoms with E-state index in [4.69, 9.17) is 4.74 Å². The van der Waals surface area contributed by atoms with Crippen molar-refractivity contribution in [1.29, 1.82) is 0 Å². The lowest BCUT2D eigenvalue weighted by molar-refractivity contribution is -0.134. The van der Waals surface area contributed by atoms with E-state index in [2.05, 4.69) is 15.3 Å². The number of piperidine rings is 1. The molecule has 2 aliphatic rings. The standard InChI is InChI=1S/C18H25F3N4O2/c1-13(26)23-12-15-3-5-17(27-15)7-10-25(11-8-17)16-22-9-4-14(24-16)2-6-18(19,20)21/h4,9,15H,2-3,5-8,10-12H2,1H3,(H,23,26)/t15-/m0/s1. The van der Waals surface area contributed by atoms with Crippen LogP contribution in [0.3, 0.4) is 0 Å². The number of carbonyl (C=O) groups excluding carboxylic acids is 1. The van der Waals surface area contributed by atoms with Crippen LogP contribution < -0.4 is 10.2 Å². The van der Waals surface area contributed by atoms with E-state index < -0.39 is 12.6 Å². The van der Waals surface area contributed by atoms with Gasteiger partial charge in [-0.15, -0.1) is 0 Å². The predicted octanol–water partition coefficient (Wildman–Crippen LogP) is 2.63. The zero-order valence-electron chi connectivity index (χ0n) is 15.4. The first kappa shape index (κ1) is 19.9. The number of carbonyl (C=O) groups is 1. The summed E-state index contributed by atoms with van der Waals surface area (Å²) in [7, 11) is 0. The number of hydrogen-bond acceptors (Lipinski definition) is 5. The highest BCUT2D eigenvalue weighted by molar-refractivity contribution is 5.72. The average Bonchev–Trinajstić information content (AvgIpc) is 3.01. The quantitative estimate of drug-likeness (QED) is 0.843. The zero-order valence-corrected chi connectivity index (χ0v) is 15.4. The van der Waals surface area contributed by atoms with Crippen molar-refractivity contribution in [3.63, 3.8) is 0 Å². The van der Waals surface area contributed by atoms with E-state index in [1.807, 2.05) is 4.90 Å². The largest absolute Gasteiger partial charge is 0.389 e. The molecule has 1 atom stereocenters. The maximum Gasteiger partial charge on any atom is 0.389 e. The van der Waals surface area contributed by atoms with Gasteiger partial charge in [0.2, 0.25) is 11.9 Å². The molecule has 6 nitrogen and oxygen atoms in total. The van der Waals surface area contributed by atoms with Crippen LogP contribution in [0.1, 0.15) is 44.7 Å². The summed E-state index contributed by atoms with van der Waals surface area (Å²) in [5, 5.41) is 2.80. The lowest BCUT2D eigenvalue weighted by atomic mass is 9.88. The molecule has 1 amide bonds. The van der Waals surface area contributed by atoms with Crippen LogP contribution in [0.5, 0.6) is 0 Å². The first-order valence-corrected chi connectivity index (χ1v) is 9.31. The molecule has 0 aromatic carbocycles. The second kappa shape index (κ2) is 8.00. The number of amides is 1. The van der Waals surface area contributed by atoms with Crippen molar-refractivity contribution in [2.45, 2.75) is 63.3 Å². The Labute approximate surface area is 156 Å². The summed E-state index contributed by atoms with van der Waals surface area (Å²) in [4.78, 5) is 21.6. The van der Waals surface area contributed by atoms with Crippen LogP contribution in [-0.4, -0.2) is 53.4 Å². The van der Waals surface area contributed by atoms with Crippen LogP contribution >= 0.6 is 0 Å². The minimum Gasteiger partial charge on any atom is -0.370 e. The van der Waals surface area contributed by atoms with Crippen molar-refractivity contribution in [3.8, 4) is 0 Å². The molecular formula is C18H25F3N4O2. The molecule has 1 aromatic rings. The smallest absolute Gasteiger partial charge is 0.370 e. The Morgan fingerprint density at radius 3 is 2.78 bits per heavy atom. The van der Waals surface area contributed by atoms with E-state index in [9.17, 15) is 18.0 Å². The van der Waals surface area contributed by atoms with Crippen molar-refractivity contribution in [2.75, 3.05) is 24.5 Å². The molecule has 3 rings (SSSR count). The Morgan fingerprint density at radius 2 is 2.11 bits per heavy atom. The summed E-state index contributed by atoms with van der Waals surface area (Å²) in [5.74, 6) is 0.425. The first-order chi connectivity index (χ1) is 12.7. The van der Waals surface area contributed by atoms with Gasteiger partial charge in [-0.2, -0.15) is 13.2 Å². The molecule has 1 aromatic heterocycles. The van der Waals surface area contributed by atoms with Gasteiger partial charge in [-0.25, -0.2) is 9.97 Å². The van der Waals surface area contributed by atoms with Gasteiger partial charge in [-0.05, 0) is 38.2 Å². The molecule has 1 N–H and O–H groups in total. The molecule has 0 bridgehead atoms. The van der Waals surface area contributed by atoms with Gasteiger partial charge in [0.05, 0.1) is 11.7 Å². The number of anilines is 1. The maximum atomic E-state index is 12.4. The monoisotopic (exact) mass is 386 g/mol. The van der Waals surface area contributed by atoms with Gasteiger partial charge in [0.1, 0.15) is 0 Å². The lowest BCUT2D eigenvalue weighted by Gasteiger charge is -2.39. The van der Waals surface area contributed by atoms with Gasteiger partial charge in [-0.3, -0.25) is 4.79 Å². The molecule has 2 saturated heterocycles. The fourth-order valence-corrected chi connectivity index (χ4v) is 3.72. The number of aromatic nitrogens is 2. The molecule has 0 radical (unpaired) electrons. The Kier molecular flexibility index (Phi) is 5.88. The second-order valence-electron chi connectivity index (χ2n) is 7.35. The fourth-order valence-electron chi connectivity index (χ4n) is 3.72. The van der Waals surface area contributed by atoms with Crippen LogP contribution in [0.2, 0.25) is 0 Å². The van der Waals surface area contributed by atoms with Gasteiger partial charge in [0.15, 0.2) is 0 Å². The highest BCUT2D eigenvalue weighted by atomic mass is 19.4. The van der Waals surface area contributed by atoms with Crippen LogP contribution in [0, 0.1) is 0 Å². The Hall–Kier alpha value is -1.90. The van der Waals surface area contributed by atoms with Gasteiger partial charge < -0.3 is 15.0 Å². The molecule has 3 heterocycles. The minimum atomic E-state index is -4.18. The van der Waals surface area contributed by atoms with E-state index in [1.165, 1.54) is 19.2 Å². The zero-order chi connectivity index (χ0) is 19.5. The molecule has 0 saturated carbocycles. The maximum absolute atomic E-state index is 12.4. The third kappa shape index (κ3) is 5.54. The number of alkyl halides is 3. The number of nitrogens with zero attached hydrogens (tertiary/aromatic N) is 3. The lowest BCUT2D eigenvalue weighted by Crippen LogP contribution is -2.45. The third-order valence-electron chi connectivity index (χ3n) is 5.24. The number of nitrogens with one attached hydrogen (secondary N) is 1. The van der Waals surface area contributed by atoms with E-state index in [-0.39, 0.29) is 24.0 Å². The van der Waals surface area contributed by atoms with Crippen molar-refractivity contribution < 1.29 is 22.7 Å². The fraction of sp³-hybridized carbons (Fsp3) is 0.722. The van der Waals surface area contributed by atoms with Crippen LogP contribution in [0.25, 0.3) is 0 Å². The Balaban J connectivity index is 1.53. The predicted molar refractivity (Wildman–Crippen MR) is 93.4 cm³/mol. The van der Waals surface area contributed by atoms with E-state index in [1.54, 1.807) is 0 Å². The Bertz CT molecular complexity index is 660. The first-order valence-electron chi connectivity index (χ1n) is 9.31. The highest BCUT2D eigenvalue weighted by Gasteiger charge is 2.42. The third-order valence-corrected chi connectivity index (χ3v) is 5.24. The number of ether oxygens (including phenoxy) is 1. The van der Waals surface area contributed by atoms with E-state index in [0.717, 1.165) is 25.7 Å². The van der Waals surface area contributed by atoms with Gasteiger partial charge in [0, 0.05) is 44.9 Å². The molecule has 0 aliphatic carbocycles. The highest BCUT2D eigenvalue weighted by Crippen LogP contribution is 2.39. The van der Waals surface area contributed by atoms with Gasteiger partial charge in [-0.1, -0.05) is 0 Å². The van der Waals surface area contributed by atoms with Crippen molar-refractivity contribution in [3.05, 3.63) is 18.0 Å². The minimum absolute atomic E-state index is 0.0439. The summed E-state index contributed by atoms with van der Waals surface area (Å²) >= 11 is 0. The summed E-state index contributed by atoms with van der Waals surface area (Å²) in [6, 6.07) is 1.54. The second-order valence-corrected chi connectivity index (χ2v) is 7.35. The van der Waals surface area contributed by atoms with Crippen molar-refractivity contribution in [2.24, 2.45) is 0 Å². The number of aryl methyl sites for hydroxylation is 1. The van der Waals surface area contributed by atoms with E-state index >= 15 is 0 Å². The van der Waals surface area contributed by atoms with Crippen LogP contribution in [0.15, 0.2) is 12.3 Å². The van der Waals surface area contributed by atoms with Gasteiger partial charge >= 0.3 is 6.18 Å². The summed E-state index contributed by atoms with van der Waals surface area (Å²) in [6.45, 7) is 3.43. The molecule has 0 unspecified atom stereocenters. The van der Waals surface area contributed by atoms with Crippen LogP contribution in [-0.2, 0) is 16.0 Å². The SMILES string of the molecule is CC(=O)NC[C@@H]1CCC2(CCN(c3nccc(CCC(F)(F)F)n3)CC2)O1. The summed E-state index contributed by atoms with van der Waals surface area (Å²) < 4.78 is 43.4. The van der Waals surface area contributed by atoms with Crippen molar-refractivity contribution >= 4 is 11.9 Å². The molecule has 27 heavy (non-hydrogen) atoms. The molecule has 9 heteroatoms. The molecule has 2 fully saturated rings. The topological polar surface area (TPSA) is 67.4 Å². The Morgan fingerprint density at radius 1 is 1.37 bits per heavy atom. The molecule has 150 valence electrons. The van der Waals surface area contributed by atoms with Crippen LogP contribution in [0.4, 0.5) is 19.1 Å². The number of hydrogen-bond donors (Lipinski definition) is 1. The number of rotatable bonds is 5. The van der Waals surface area contributed by atoms with Gasteiger partial charge in [0.25, 0.3) is 0 Å². The van der Waals surface area contributed by atoms with E-state index in [0.29, 0.717) is 31.3 Å². The molecule has 2 aliphatic heterocycles. The summed E-state index contributed by atoms with van der Waals surface area (Å²) in [6.07, 6.45) is -0.117. The summed E-state index contributed by atoms with van der Waals surface area (Å²) in [5.41, 5.74) is 0.234. The average molecular weight is 386 g/mol.